The minimum absolute atomic E-state index is 0.151. The molecule has 0 radical (unpaired) electrons. The number of nitrogens with zero attached hydrogens (tertiary/aromatic N) is 1. The second-order valence-electron chi connectivity index (χ2n) is 5.84. The zero-order valence-corrected chi connectivity index (χ0v) is 12.3. The fourth-order valence-corrected chi connectivity index (χ4v) is 3.42. The van der Waals surface area contributed by atoms with Crippen LogP contribution in [-0.2, 0) is 9.47 Å². The number of hydrogen-bond acceptors (Lipinski definition) is 3. The molecule has 3 heteroatoms. The summed E-state index contributed by atoms with van der Waals surface area (Å²) in [5.74, 6) is 0.296. The smallest absolute Gasteiger partial charge is 0.172 e. The highest BCUT2D eigenvalue weighted by Crippen LogP contribution is 2.51. The van der Waals surface area contributed by atoms with E-state index in [0.29, 0.717) is 18.3 Å². The summed E-state index contributed by atoms with van der Waals surface area (Å²) in [6, 6.07) is 2.32. The highest BCUT2D eigenvalue weighted by Gasteiger charge is 2.55. The summed E-state index contributed by atoms with van der Waals surface area (Å²) < 4.78 is 12.4. The lowest BCUT2D eigenvalue weighted by molar-refractivity contribution is -0.199. The van der Waals surface area contributed by atoms with Crippen molar-refractivity contribution in [2.45, 2.75) is 70.9 Å². The lowest BCUT2D eigenvalue weighted by atomic mass is 9.89. The summed E-state index contributed by atoms with van der Waals surface area (Å²) in [4.78, 5) is 0. The maximum Gasteiger partial charge on any atom is 0.172 e. The normalized spacial score (nSPS) is 37.2. The summed E-state index contributed by atoms with van der Waals surface area (Å²) in [6.45, 7) is 6.30. The van der Waals surface area contributed by atoms with Gasteiger partial charge in [0.2, 0.25) is 0 Å². The van der Waals surface area contributed by atoms with Crippen LogP contribution in [0.1, 0.15) is 52.9 Å². The van der Waals surface area contributed by atoms with E-state index < -0.39 is 5.79 Å². The molecule has 2 fully saturated rings. The van der Waals surface area contributed by atoms with Crippen LogP contribution in [0.4, 0.5) is 0 Å². The Morgan fingerprint density at radius 2 is 1.95 bits per heavy atom. The Hall–Kier alpha value is -0.850. The molecule has 1 aliphatic heterocycles. The summed E-state index contributed by atoms with van der Waals surface area (Å²) in [5.41, 5.74) is 0. The molecule has 19 heavy (non-hydrogen) atoms. The zero-order chi connectivity index (χ0) is 13.9. The van der Waals surface area contributed by atoms with E-state index in [1.165, 1.54) is 0 Å². The van der Waals surface area contributed by atoms with Crippen LogP contribution in [0.5, 0.6) is 0 Å². The first-order valence-electron chi connectivity index (χ1n) is 7.50. The Morgan fingerprint density at radius 3 is 2.53 bits per heavy atom. The summed E-state index contributed by atoms with van der Waals surface area (Å²) in [7, 11) is 0. The van der Waals surface area contributed by atoms with Gasteiger partial charge >= 0.3 is 0 Å². The lowest BCUT2D eigenvalue weighted by Crippen LogP contribution is -2.37. The van der Waals surface area contributed by atoms with Crippen molar-refractivity contribution in [3.8, 4) is 6.07 Å². The Kier molecular flexibility index (Phi) is 4.65. The van der Waals surface area contributed by atoms with Crippen molar-refractivity contribution in [2.75, 3.05) is 0 Å². The molecule has 0 amide bonds. The van der Waals surface area contributed by atoms with E-state index >= 15 is 0 Å². The van der Waals surface area contributed by atoms with Crippen molar-refractivity contribution in [1.82, 2.24) is 0 Å². The van der Waals surface area contributed by atoms with Gasteiger partial charge in [-0.05, 0) is 39.0 Å². The van der Waals surface area contributed by atoms with Crippen LogP contribution in [0, 0.1) is 23.2 Å². The van der Waals surface area contributed by atoms with Crippen molar-refractivity contribution in [1.29, 1.82) is 5.26 Å². The molecule has 0 aromatic heterocycles. The fraction of sp³-hybridized carbons (Fsp3) is 0.812. The Balaban J connectivity index is 2.13. The topological polar surface area (TPSA) is 42.2 Å². The molecule has 1 aliphatic carbocycles. The van der Waals surface area contributed by atoms with E-state index in [4.69, 9.17) is 14.7 Å². The highest BCUT2D eigenvalue weighted by atomic mass is 16.8. The van der Waals surface area contributed by atoms with Gasteiger partial charge < -0.3 is 9.47 Å². The Morgan fingerprint density at radius 1 is 1.26 bits per heavy atom. The molecule has 2 rings (SSSR count). The molecule has 0 aromatic rings. The first kappa shape index (κ1) is 14.6. The van der Waals surface area contributed by atoms with Crippen LogP contribution < -0.4 is 0 Å². The molecule has 1 heterocycles. The maximum atomic E-state index is 9.00. The van der Waals surface area contributed by atoms with Gasteiger partial charge in [0.15, 0.2) is 5.79 Å². The van der Waals surface area contributed by atoms with E-state index in [-0.39, 0.29) is 12.2 Å². The van der Waals surface area contributed by atoms with Crippen LogP contribution in [0.2, 0.25) is 0 Å². The second-order valence-corrected chi connectivity index (χ2v) is 5.84. The first-order chi connectivity index (χ1) is 9.13. The minimum Gasteiger partial charge on any atom is -0.344 e. The average Bonchev–Trinajstić information content (AvgIpc) is 2.84. The van der Waals surface area contributed by atoms with E-state index in [2.05, 4.69) is 39.0 Å². The van der Waals surface area contributed by atoms with Gasteiger partial charge in [0.1, 0.15) is 0 Å². The molecule has 0 aromatic carbocycles. The third-order valence-electron chi connectivity index (χ3n) is 4.58. The van der Waals surface area contributed by atoms with Crippen molar-refractivity contribution in [2.24, 2.45) is 11.8 Å². The second kappa shape index (κ2) is 6.07. The van der Waals surface area contributed by atoms with Crippen molar-refractivity contribution in [3.63, 3.8) is 0 Å². The number of ether oxygens (including phenoxy) is 2. The SMILES string of the molecule is CC/C=C\CC1C(C[14C]#N)CCC12O[C@H](C)[C@@H](C)O2. The molecule has 1 saturated heterocycles. The lowest BCUT2D eigenvalue weighted by Gasteiger charge is -2.31. The number of rotatable bonds is 4. The molecule has 4 atom stereocenters. The van der Waals surface area contributed by atoms with Gasteiger partial charge in [-0.2, -0.15) is 5.26 Å². The van der Waals surface area contributed by atoms with E-state index in [1.807, 2.05) is 0 Å². The van der Waals surface area contributed by atoms with Gasteiger partial charge in [-0.3, -0.25) is 0 Å². The largest absolute Gasteiger partial charge is 0.344 e. The Labute approximate surface area is 116 Å². The van der Waals surface area contributed by atoms with Crippen molar-refractivity contribution >= 4 is 0 Å². The van der Waals surface area contributed by atoms with Crippen LogP contribution in [-0.4, -0.2) is 18.0 Å². The first-order valence-corrected chi connectivity index (χ1v) is 7.50. The molecule has 0 N–H and O–H groups in total. The summed E-state index contributed by atoms with van der Waals surface area (Å²) in [5, 5.41) is 9.00. The quantitative estimate of drug-likeness (QED) is 0.726. The third kappa shape index (κ3) is 2.85. The van der Waals surface area contributed by atoms with Crippen LogP contribution >= 0.6 is 0 Å². The average molecular weight is 265 g/mol. The molecule has 106 valence electrons. The van der Waals surface area contributed by atoms with Crippen LogP contribution in [0.3, 0.4) is 0 Å². The van der Waals surface area contributed by atoms with Gasteiger partial charge in [0.05, 0.1) is 18.3 Å². The molecule has 1 saturated carbocycles. The van der Waals surface area contributed by atoms with Crippen LogP contribution in [0.15, 0.2) is 12.2 Å². The van der Waals surface area contributed by atoms with Gasteiger partial charge in [0, 0.05) is 18.8 Å². The standard InChI is InChI=1S/C16H25NO2/c1-4-5-6-7-15-14(9-11-17)8-10-16(15)18-12(2)13(3)19-16/h5-6,12-15H,4,7-10H2,1-3H3/b6-5-/t12-,13-,14?,15?/m1/s1/i11+2. The molecular weight excluding hydrogens is 240 g/mol. The summed E-state index contributed by atoms with van der Waals surface area (Å²) in [6.07, 6.45) is 9.31. The highest BCUT2D eigenvalue weighted by molar-refractivity contribution is 5.02. The summed E-state index contributed by atoms with van der Waals surface area (Å²) >= 11 is 0. The number of allylic oxidation sites excluding steroid dienone is 2. The molecule has 2 unspecified atom stereocenters. The van der Waals surface area contributed by atoms with Gasteiger partial charge in [0.25, 0.3) is 0 Å². The molecular formula is C16H25NO2. The maximum absolute atomic E-state index is 9.00. The van der Waals surface area contributed by atoms with Gasteiger partial charge in [-0.25, -0.2) is 0 Å². The predicted octanol–water partition coefficient (Wildman–Crippen LogP) is 3.80. The van der Waals surface area contributed by atoms with Crippen molar-refractivity contribution in [3.05, 3.63) is 12.2 Å². The van der Waals surface area contributed by atoms with Crippen molar-refractivity contribution < 1.29 is 9.47 Å². The monoisotopic (exact) mass is 265 g/mol. The van der Waals surface area contributed by atoms with Crippen LogP contribution in [0.25, 0.3) is 0 Å². The zero-order valence-electron chi connectivity index (χ0n) is 12.3. The number of hydrogen-bond donors (Lipinski definition) is 0. The van der Waals surface area contributed by atoms with Gasteiger partial charge in [-0.1, -0.05) is 19.1 Å². The number of nitriles is 1. The predicted molar refractivity (Wildman–Crippen MR) is 74.3 cm³/mol. The molecule has 2 aliphatic rings. The third-order valence-corrected chi connectivity index (χ3v) is 4.58. The Bertz CT molecular complexity index is 361. The molecule has 1 spiro atoms. The molecule has 3 nitrogen and oxygen atoms in total. The van der Waals surface area contributed by atoms with E-state index in [9.17, 15) is 0 Å². The van der Waals surface area contributed by atoms with Gasteiger partial charge in [-0.15, -0.1) is 0 Å². The molecule has 0 bridgehead atoms. The minimum atomic E-state index is -0.432. The van der Waals surface area contributed by atoms with E-state index in [0.717, 1.165) is 25.7 Å². The fourth-order valence-electron chi connectivity index (χ4n) is 3.42. The van der Waals surface area contributed by atoms with E-state index in [1.54, 1.807) is 0 Å².